The zero-order valence-corrected chi connectivity index (χ0v) is 22.4. The summed E-state index contributed by atoms with van der Waals surface area (Å²) in [5.41, 5.74) is 5.34. The SMILES string of the molecule is Cc1cc(Cl)cc(C(=O)NNOCC(Cl)(Cl)Cl)c1NC(=O)c1cc(Br)nn1-c1ncccc1Cl. The number of aryl methyl sites for hydroxylation is 1. The highest BCUT2D eigenvalue weighted by atomic mass is 79.9. The number of carbonyl (C=O) groups is 2. The minimum Gasteiger partial charge on any atom is -0.320 e. The molecule has 0 fully saturated rings. The topological polar surface area (TPSA) is 110 Å². The molecule has 34 heavy (non-hydrogen) atoms. The summed E-state index contributed by atoms with van der Waals surface area (Å²) in [5, 5.41) is 7.51. The van der Waals surface area contributed by atoms with Gasteiger partial charge in [-0.1, -0.05) is 58.0 Å². The third kappa shape index (κ3) is 6.96. The van der Waals surface area contributed by atoms with E-state index in [1.165, 1.54) is 23.0 Å². The van der Waals surface area contributed by atoms with E-state index in [9.17, 15) is 9.59 Å². The van der Waals surface area contributed by atoms with Crippen LogP contribution in [0, 0.1) is 6.92 Å². The van der Waals surface area contributed by atoms with Crippen LogP contribution in [-0.2, 0) is 4.84 Å². The van der Waals surface area contributed by atoms with Crippen LogP contribution < -0.4 is 16.3 Å². The number of pyridine rings is 1. The smallest absolute Gasteiger partial charge is 0.274 e. The Morgan fingerprint density at radius 1 is 1.18 bits per heavy atom. The van der Waals surface area contributed by atoms with Crippen LogP contribution in [0.3, 0.4) is 0 Å². The molecule has 0 aliphatic carbocycles. The summed E-state index contributed by atoms with van der Waals surface area (Å²) >= 11 is 32.3. The average Bonchev–Trinajstić information content (AvgIpc) is 3.14. The first-order chi connectivity index (χ1) is 16.0. The van der Waals surface area contributed by atoms with Crippen molar-refractivity contribution in [2.24, 2.45) is 0 Å². The number of nitrogens with one attached hydrogen (secondary N) is 3. The van der Waals surface area contributed by atoms with Crippen molar-refractivity contribution in [1.29, 1.82) is 0 Å². The molecular weight excluding hydrogens is 617 g/mol. The Kier molecular flexibility index (Phi) is 9.04. The van der Waals surface area contributed by atoms with Crippen LogP contribution in [0.25, 0.3) is 5.82 Å². The molecule has 3 rings (SSSR count). The predicted molar refractivity (Wildman–Crippen MR) is 135 cm³/mol. The number of alkyl halides is 3. The van der Waals surface area contributed by atoms with Gasteiger partial charge < -0.3 is 5.32 Å². The Morgan fingerprint density at radius 3 is 2.59 bits per heavy atom. The zero-order chi connectivity index (χ0) is 25.0. The van der Waals surface area contributed by atoms with E-state index in [1.807, 2.05) is 0 Å². The van der Waals surface area contributed by atoms with Crippen LogP contribution in [0.1, 0.15) is 26.4 Å². The number of hydrogen-bond donors (Lipinski definition) is 3. The Labute approximate surface area is 227 Å². The minimum atomic E-state index is -1.68. The summed E-state index contributed by atoms with van der Waals surface area (Å²) in [6.07, 6.45) is 1.52. The molecule has 2 heterocycles. The second kappa shape index (κ2) is 11.4. The molecule has 2 amide bonds. The molecule has 0 saturated carbocycles. The first kappa shape index (κ1) is 27.0. The lowest BCUT2D eigenvalue weighted by Gasteiger charge is -2.16. The maximum atomic E-state index is 13.2. The van der Waals surface area contributed by atoms with Crippen LogP contribution in [0.15, 0.2) is 41.1 Å². The molecule has 0 unspecified atom stereocenters. The van der Waals surface area contributed by atoms with Gasteiger partial charge in [0.15, 0.2) is 5.82 Å². The second-order valence-corrected chi connectivity index (χ2v) is 10.8. The highest BCUT2D eigenvalue weighted by molar-refractivity contribution is 9.10. The molecule has 0 bridgehead atoms. The molecule has 3 N–H and O–H groups in total. The van der Waals surface area contributed by atoms with Gasteiger partial charge in [0.05, 0.1) is 16.3 Å². The number of benzene rings is 1. The maximum absolute atomic E-state index is 13.2. The van der Waals surface area contributed by atoms with Crippen LogP contribution >= 0.6 is 73.9 Å². The zero-order valence-electron chi connectivity index (χ0n) is 17.0. The first-order valence-corrected chi connectivity index (χ1v) is 11.9. The van der Waals surface area contributed by atoms with Gasteiger partial charge in [0, 0.05) is 17.3 Å². The van der Waals surface area contributed by atoms with Crippen LogP contribution in [0.2, 0.25) is 10.0 Å². The highest BCUT2D eigenvalue weighted by Crippen LogP contribution is 2.28. The average molecular weight is 632 g/mol. The molecule has 0 spiro atoms. The normalized spacial score (nSPS) is 11.4. The van der Waals surface area contributed by atoms with Crippen molar-refractivity contribution < 1.29 is 14.4 Å². The maximum Gasteiger partial charge on any atom is 0.274 e. The van der Waals surface area contributed by atoms with Gasteiger partial charge in [-0.15, -0.1) is 5.59 Å². The van der Waals surface area contributed by atoms with Gasteiger partial charge in [0.25, 0.3) is 11.8 Å². The molecule has 15 heteroatoms. The lowest BCUT2D eigenvalue weighted by atomic mass is 10.1. The van der Waals surface area contributed by atoms with E-state index in [1.54, 1.807) is 25.1 Å². The van der Waals surface area contributed by atoms with E-state index in [0.29, 0.717) is 10.2 Å². The number of amides is 2. The molecular formula is C19H14BrCl5N6O3. The number of halogens is 6. The Balaban J connectivity index is 1.87. The quantitative estimate of drug-likeness (QED) is 0.182. The summed E-state index contributed by atoms with van der Waals surface area (Å²) in [6.45, 7) is 1.33. The summed E-state index contributed by atoms with van der Waals surface area (Å²) in [4.78, 5) is 35.0. The van der Waals surface area contributed by atoms with Gasteiger partial charge in [-0.05, 0) is 52.7 Å². The molecule has 1 aromatic carbocycles. The van der Waals surface area contributed by atoms with Crippen molar-refractivity contribution in [3.8, 4) is 5.82 Å². The molecule has 180 valence electrons. The van der Waals surface area contributed by atoms with Gasteiger partial charge in [0.1, 0.15) is 16.9 Å². The van der Waals surface area contributed by atoms with E-state index in [-0.39, 0.29) is 39.4 Å². The van der Waals surface area contributed by atoms with Crippen LogP contribution in [0.5, 0.6) is 0 Å². The minimum absolute atomic E-state index is 0.0457. The van der Waals surface area contributed by atoms with Gasteiger partial charge in [-0.3, -0.25) is 19.9 Å². The molecule has 0 aliphatic heterocycles. The number of hydrogen-bond acceptors (Lipinski definition) is 6. The van der Waals surface area contributed by atoms with E-state index < -0.39 is 15.6 Å². The van der Waals surface area contributed by atoms with E-state index >= 15 is 0 Å². The van der Waals surface area contributed by atoms with Gasteiger partial charge in [-0.2, -0.15) is 5.10 Å². The molecule has 0 atom stereocenters. The van der Waals surface area contributed by atoms with Crippen LogP contribution in [0.4, 0.5) is 5.69 Å². The van der Waals surface area contributed by atoms with Crippen LogP contribution in [-0.4, -0.2) is 37.0 Å². The highest BCUT2D eigenvalue weighted by Gasteiger charge is 2.23. The van der Waals surface area contributed by atoms with Crippen molar-refractivity contribution in [1.82, 2.24) is 25.8 Å². The van der Waals surface area contributed by atoms with Crippen molar-refractivity contribution >= 4 is 91.4 Å². The summed E-state index contributed by atoms with van der Waals surface area (Å²) in [5.74, 6) is -1.01. The van der Waals surface area contributed by atoms with Crippen molar-refractivity contribution in [3.63, 3.8) is 0 Å². The third-order valence-corrected chi connectivity index (χ3v) is 5.34. The fourth-order valence-electron chi connectivity index (χ4n) is 2.74. The lowest BCUT2D eigenvalue weighted by molar-refractivity contribution is 0.0143. The van der Waals surface area contributed by atoms with Gasteiger partial charge in [0.2, 0.25) is 3.79 Å². The third-order valence-electron chi connectivity index (χ3n) is 4.11. The number of hydrazine groups is 1. The summed E-state index contributed by atoms with van der Waals surface area (Å²) < 4.78 is -0.0312. The fourth-order valence-corrected chi connectivity index (χ4v) is 3.76. The number of carbonyl (C=O) groups excluding carboxylic acids is 2. The molecule has 9 nitrogen and oxygen atoms in total. The second-order valence-electron chi connectivity index (χ2n) is 6.63. The lowest BCUT2D eigenvalue weighted by Crippen LogP contribution is -2.39. The first-order valence-electron chi connectivity index (χ1n) is 9.18. The molecule has 0 radical (unpaired) electrons. The Morgan fingerprint density at radius 2 is 1.91 bits per heavy atom. The predicted octanol–water partition coefficient (Wildman–Crippen LogP) is 5.43. The molecule has 0 saturated heterocycles. The largest absolute Gasteiger partial charge is 0.320 e. The van der Waals surface area contributed by atoms with Gasteiger partial charge in [-0.25, -0.2) is 9.67 Å². The molecule has 3 aromatic rings. The molecule has 0 aliphatic rings. The Hall–Kier alpha value is -1.63. The fraction of sp³-hybridized carbons (Fsp3) is 0.158. The van der Waals surface area contributed by atoms with E-state index in [2.05, 4.69) is 42.3 Å². The summed E-state index contributed by atoms with van der Waals surface area (Å²) in [7, 11) is 0. The summed E-state index contributed by atoms with van der Waals surface area (Å²) in [6, 6.07) is 7.71. The van der Waals surface area contributed by atoms with Crippen molar-refractivity contribution in [2.45, 2.75) is 10.7 Å². The number of nitrogens with zero attached hydrogens (tertiary/aromatic N) is 3. The van der Waals surface area contributed by atoms with Crippen molar-refractivity contribution in [2.75, 3.05) is 11.9 Å². The number of aromatic nitrogens is 3. The van der Waals surface area contributed by atoms with E-state index in [4.69, 9.17) is 62.8 Å². The Bertz CT molecular complexity index is 1230. The van der Waals surface area contributed by atoms with E-state index in [0.717, 1.165) is 0 Å². The number of rotatable bonds is 7. The van der Waals surface area contributed by atoms with Crippen molar-refractivity contribution in [3.05, 3.63) is 68.0 Å². The molecule has 2 aromatic heterocycles. The standard InChI is InChI=1S/C19H14BrCl5N6O3/c1-9-5-10(21)6-11(17(32)28-30-34-8-19(23,24)25)15(9)27-18(33)13-7-14(20)29-31(13)16-12(22)3-2-4-26-16/h2-7,30H,8H2,1H3,(H,27,33)(H,28,32). The number of anilines is 1. The monoisotopic (exact) mass is 628 g/mol. The van der Waals surface area contributed by atoms with Gasteiger partial charge >= 0.3 is 0 Å².